The van der Waals surface area contributed by atoms with Gasteiger partial charge in [0.05, 0.1) is 13.0 Å². The van der Waals surface area contributed by atoms with Crippen LogP contribution in [-0.2, 0) is 14.3 Å². The van der Waals surface area contributed by atoms with E-state index < -0.39 is 17.9 Å². The van der Waals surface area contributed by atoms with E-state index in [0.29, 0.717) is 4.47 Å². The average Bonchev–Trinajstić information content (AvgIpc) is 2.80. The number of carboxylic acid groups (broad SMARTS) is 1. The molecule has 1 aliphatic rings. The number of anilines is 1. The zero-order chi connectivity index (χ0) is 14.9. The van der Waals surface area contributed by atoms with Crippen molar-refractivity contribution in [3.63, 3.8) is 0 Å². The molecule has 8 heteroatoms. The molecule has 1 aromatic heterocycles. The fourth-order valence-electron chi connectivity index (χ4n) is 1.99. The first-order valence-electron chi connectivity index (χ1n) is 5.71. The zero-order valence-electron chi connectivity index (χ0n) is 10.5. The Morgan fingerprint density at radius 2 is 2.25 bits per heavy atom. The van der Waals surface area contributed by atoms with Crippen molar-refractivity contribution in [1.82, 2.24) is 4.98 Å². The topological polar surface area (TPSA) is 96.8 Å². The van der Waals surface area contributed by atoms with Gasteiger partial charge in [0.2, 0.25) is 5.91 Å². The summed E-state index contributed by atoms with van der Waals surface area (Å²) in [5.74, 6) is -2.73. The summed E-state index contributed by atoms with van der Waals surface area (Å²) in [5, 5.41) is 8.97. The summed E-state index contributed by atoms with van der Waals surface area (Å²) in [6, 6.07) is 1.48. The third-order valence-corrected chi connectivity index (χ3v) is 3.40. The highest BCUT2D eigenvalue weighted by molar-refractivity contribution is 9.10. The fourth-order valence-corrected chi connectivity index (χ4v) is 2.32. The SMILES string of the molecule is COC(=O)c1cc(Br)cnc1N1CC(C(=O)O)CC1=O. The van der Waals surface area contributed by atoms with E-state index in [2.05, 4.69) is 25.7 Å². The zero-order valence-corrected chi connectivity index (χ0v) is 12.1. The van der Waals surface area contributed by atoms with Gasteiger partial charge < -0.3 is 9.84 Å². The van der Waals surface area contributed by atoms with Crippen LogP contribution in [0.5, 0.6) is 0 Å². The van der Waals surface area contributed by atoms with Crippen molar-refractivity contribution in [2.45, 2.75) is 6.42 Å². The number of aliphatic carboxylic acids is 1. The third-order valence-electron chi connectivity index (χ3n) is 2.97. The second-order valence-corrected chi connectivity index (χ2v) is 5.18. The molecule has 1 unspecified atom stereocenters. The van der Waals surface area contributed by atoms with E-state index in [1.807, 2.05) is 0 Å². The van der Waals surface area contributed by atoms with E-state index in [1.165, 1.54) is 24.3 Å². The first-order valence-corrected chi connectivity index (χ1v) is 6.50. The number of rotatable bonds is 3. The number of halogens is 1. The molecule has 1 atom stereocenters. The molecule has 1 saturated heterocycles. The smallest absolute Gasteiger partial charge is 0.341 e. The Kier molecular flexibility index (Phi) is 4.03. The molecule has 1 fully saturated rings. The maximum Gasteiger partial charge on any atom is 0.341 e. The van der Waals surface area contributed by atoms with Crippen LogP contribution in [0, 0.1) is 5.92 Å². The number of carbonyl (C=O) groups excluding carboxylic acids is 2. The number of hydrogen-bond donors (Lipinski definition) is 1. The number of hydrogen-bond acceptors (Lipinski definition) is 5. The van der Waals surface area contributed by atoms with Crippen LogP contribution in [0.3, 0.4) is 0 Å². The quantitative estimate of drug-likeness (QED) is 0.825. The lowest BCUT2D eigenvalue weighted by Gasteiger charge is -2.17. The average molecular weight is 343 g/mol. The molecule has 7 nitrogen and oxygen atoms in total. The van der Waals surface area contributed by atoms with E-state index in [9.17, 15) is 14.4 Å². The van der Waals surface area contributed by atoms with Crippen molar-refractivity contribution in [1.29, 1.82) is 0 Å². The van der Waals surface area contributed by atoms with Gasteiger partial charge in [-0.3, -0.25) is 14.5 Å². The molecule has 1 aliphatic heterocycles. The van der Waals surface area contributed by atoms with Crippen LogP contribution in [0.1, 0.15) is 16.8 Å². The molecule has 0 saturated carbocycles. The number of ether oxygens (including phenoxy) is 1. The minimum Gasteiger partial charge on any atom is -0.481 e. The Morgan fingerprint density at radius 3 is 2.80 bits per heavy atom. The predicted octanol–water partition coefficient (Wildman–Crippen LogP) is 1.07. The summed E-state index contributed by atoms with van der Waals surface area (Å²) < 4.78 is 5.21. The number of carboxylic acids is 1. The van der Waals surface area contributed by atoms with Gasteiger partial charge in [0.1, 0.15) is 11.4 Å². The number of methoxy groups -OCH3 is 1. The molecule has 1 amide bonds. The predicted molar refractivity (Wildman–Crippen MR) is 71.4 cm³/mol. The number of aromatic nitrogens is 1. The number of amides is 1. The molecule has 106 valence electrons. The van der Waals surface area contributed by atoms with Gasteiger partial charge in [-0.05, 0) is 22.0 Å². The van der Waals surface area contributed by atoms with Gasteiger partial charge in [0.25, 0.3) is 0 Å². The minimum absolute atomic E-state index is 0.00715. The van der Waals surface area contributed by atoms with Crippen molar-refractivity contribution in [3.05, 3.63) is 22.3 Å². The van der Waals surface area contributed by atoms with Gasteiger partial charge in [-0.2, -0.15) is 0 Å². The van der Waals surface area contributed by atoms with Gasteiger partial charge in [-0.1, -0.05) is 0 Å². The van der Waals surface area contributed by atoms with Crippen LogP contribution in [0.4, 0.5) is 5.82 Å². The highest BCUT2D eigenvalue weighted by atomic mass is 79.9. The lowest BCUT2D eigenvalue weighted by molar-refractivity contribution is -0.141. The van der Waals surface area contributed by atoms with Crippen LogP contribution in [0.15, 0.2) is 16.7 Å². The van der Waals surface area contributed by atoms with E-state index in [-0.39, 0.29) is 30.3 Å². The number of esters is 1. The molecule has 0 radical (unpaired) electrons. The molecule has 2 rings (SSSR count). The Bertz CT molecular complexity index is 589. The Labute approximate surface area is 122 Å². The Morgan fingerprint density at radius 1 is 1.55 bits per heavy atom. The van der Waals surface area contributed by atoms with Gasteiger partial charge in [-0.25, -0.2) is 9.78 Å². The fraction of sp³-hybridized carbons (Fsp3) is 0.333. The molecule has 2 heterocycles. The second-order valence-electron chi connectivity index (χ2n) is 4.26. The first-order chi connectivity index (χ1) is 9.43. The number of pyridine rings is 1. The van der Waals surface area contributed by atoms with Gasteiger partial charge >= 0.3 is 11.9 Å². The summed E-state index contributed by atoms with van der Waals surface area (Å²) in [4.78, 5) is 39.8. The van der Waals surface area contributed by atoms with Crippen LogP contribution < -0.4 is 4.90 Å². The summed E-state index contributed by atoms with van der Waals surface area (Å²) >= 11 is 3.18. The number of carbonyl (C=O) groups is 3. The van der Waals surface area contributed by atoms with Gasteiger partial charge in [0, 0.05) is 23.6 Å². The van der Waals surface area contributed by atoms with Crippen molar-refractivity contribution >= 4 is 39.6 Å². The summed E-state index contributed by atoms with van der Waals surface area (Å²) in [6.45, 7) is -0.00715. The molecule has 1 N–H and O–H groups in total. The molecular formula is C12H11BrN2O5. The Balaban J connectivity index is 2.40. The van der Waals surface area contributed by atoms with E-state index in [4.69, 9.17) is 5.11 Å². The molecule has 0 bridgehead atoms. The maximum atomic E-state index is 11.9. The largest absolute Gasteiger partial charge is 0.481 e. The number of nitrogens with zero attached hydrogens (tertiary/aromatic N) is 2. The molecule has 0 aliphatic carbocycles. The van der Waals surface area contributed by atoms with Crippen molar-refractivity contribution < 1.29 is 24.2 Å². The van der Waals surface area contributed by atoms with Crippen LogP contribution in [0.25, 0.3) is 0 Å². The highest BCUT2D eigenvalue weighted by Gasteiger charge is 2.37. The van der Waals surface area contributed by atoms with E-state index in [1.54, 1.807) is 0 Å². The second kappa shape index (κ2) is 5.58. The standard InChI is InChI=1S/C12H11BrN2O5/c1-20-12(19)8-3-7(13)4-14-10(8)15-5-6(11(17)18)2-9(15)16/h3-4,6H,2,5H2,1H3,(H,17,18). The first kappa shape index (κ1) is 14.4. The normalized spacial score (nSPS) is 18.2. The van der Waals surface area contributed by atoms with Crippen molar-refractivity contribution in [3.8, 4) is 0 Å². The molecule has 0 aromatic carbocycles. The lowest BCUT2D eigenvalue weighted by atomic mass is 10.1. The summed E-state index contributed by atoms with van der Waals surface area (Å²) in [7, 11) is 1.22. The monoisotopic (exact) mass is 342 g/mol. The third kappa shape index (κ3) is 2.64. The van der Waals surface area contributed by atoms with E-state index >= 15 is 0 Å². The van der Waals surface area contributed by atoms with Gasteiger partial charge in [0.15, 0.2) is 0 Å². The van der Waals surface area contributed by atoms with Crippen LogP contribution in [-0.4, -0.2) is 41.6 Å². The van der Waals surface area contributed by atoms with Gasteiger partial charge in [-0.15, -0.1) is 0 Å². The molecule has 0 spiro atoms. The summed E-state index contributed by atoms with van der Waals surface area (Å²) in [5.41, 5.74) is 0.112. The summed E-state index contributed by atoms with van der Waals surface area (Å²) in [6.07, 6.45) is 1.33. The van der Waals surface area contributed by atoms with E-state index in [0.717, 1.165) is 0 Å². The molecule has 20 heavy (non-hydrogen) atoms. The molecular weight excluding hydrogens is 332 g/mol. The highest BCUT2D eigenvalue weighted by Crippen LogP contribution is 2.28. The minimum atomic E-state index is -1.04. The van der Waals surface area contributed by atoms with Crippen molar-refractivity contribution in [2.24, 2.45) is 5.92 Å². The van der Waals surface area contributed by atoms with Crippen molar-refractivity contribution in [2.75, 3.05) is 18.6 Å². The lowest BCUT2D eigenvalue weighted by Crippen LogP contribution is -2.28. The Hall–Kier alpha value is -1.96. The van der Waals surface area contributed by atoms with Crippen LogP contribution >= 0.6 is 15.9 Å². The molecule has 1 aromatic rings. The maximum absolute atomic E-state index is 11.9. The van der Waals surface area contributed by atoms with Crippen LogP contribution in [0.2, 0.25) is 0 Å².